The van der Waals surface area contributed by atoms with Crippen molar-refractivity contribution >= 4 is 17.2 Å². The number of pyridine rings is 1. The van der Waals surface area contributed by atoms with E-state index in [1.165, 1.54) is 18.5 Å². The number of piperazine rings is 1. The van der Waals surface area contributed by atoms with Gasteiger partial charge in [-0.2, -0.15) is 0 Å². The van der Waals surface area contributed by atoms with E-state index in [0.717, 1.165) is 41.6 Å². The average molecular weight is 353 g/mol. The Morgan fingerprint density at radius 2 is 1.80 bits per heavy atom. The minimum Gasteiger partial charge on any atom is -0.309 e. The number of nitrogens with zero attached hydrogens (tertiary/aromatic N) is 3. The molecular weight excluding hydrogens is 332 g/mol. The summed E-state index contributed by atoms with van der Waals surface area (Å²) in [4.78, 5) is 7.49. The van der Waals surface area contributed by atoms with Gasteiger partial charge in [0.05, 0.1) is 11.4 Å². The molecule has 2 aliphatic rings. The molecule has 2 atom stereocenters. The van der Waals surface area contributed by atoms with Gasteiger partial charge < -0.3 is 9.72 Å². The van der Waals surface area contributed by atoms with Crippen LogP contribution in [-0.2, 0) is 6.54 Å². The van der Waals surface area contributed by atoms with Gasteiger partial charge in [-0.1, -0.05) is 29.8 Å². The number of hydrogen-bond acceptors (Lipinski definition) is 3. The summed E-state index contributed by atoms with van der Waals surface area (Å²) in [5, 5.41) is 4.47. The van der Waals surface area contributed by atoms with E-state index in [2.05, 4.69) is 45.1 Å². The van der Waals surface area contributed by atoms with Crippen LogP contribution in [0.2, 0.25) is 5.02 Å². The second kappa shape index (κ2) is 6.13. The van der Waals surface area contributed by atoms with Gasteiger partial charge in [0.2, 0.25) is 0 Å². The van der Waals surface area contributed by atoms with E-state index in [4.69, 9.17) is 16.6 Å². The van der Waals surface area contributed by atoms with E-state index in [9.17, 15) is 0 Å². The zero-order valence-electron chi connectivity index (χ0n) is 14.0. The molecule has 2 unspecified atom stereocenters. The van der Waals surface area contributed by atoms with Gasteiger partial charge in [0.15, 0.2) is 0 Å². The summed E-state index contributed by atoms with van der Waals surface area (Å²) in [6.07, 6.45) is 4.73. The second-order valence-electron chi connectivity index (χ2n) is 7.17. The van der Waals surface area contributed by atoms with Crippen LogP contribution in [0.1, 0.15) is 18.5 Å². The fourth-order valence-corrected chi connectivity index (χ4v) is 4.39. The highest BCUT2D eigenvalue weighted by molar-refractivity contribution is 6.30. The molecule has 1 aromatic carbocycles. The SMILES string of the molecule is Clc1ccc(-c2nc3ccccn3c2CN2CC3CCC(C2)N3)cc1. The van der Waals surface area contributed by atoms with Crippen LogP contribution in [0.5, 0.6) is 0 Å². The highest BCUT2D eigenvalue weighted by Crippen LogP contribution is 2.28. The van der Waals surface area contributed by atoms with Gasteiger partial charge in [-0.3, -0.25) is 4.90 Å². The van der Waals surface area contributed by atoms with Crippen molar-refractivity contribution in [1.29, 1.82) is 0 Å². The Morgan fingerprint density at radius 3 is 2.56 bits per heavy atom. The molecular formula is C20H21ClN4. The Morgan fingerprint density at radius 1 is 1.04 bits per heavy atom. The lowest BCUT2D eigenvalue weighted by molar-refractivity contribution is 0.187. The van der Waals surface area contributed by atoms with Gasteiger partial charge in [-0.25, -0.2) is 4.98 Å². The van der Waals surface area contributed by atoms with E-state index >= 15 is 0 Å². The van der Waals surface area contributed by atoms with Crippen molar-refractivity contribution in [3.8, 4) is 11.3 Å². The van der Waals surface area contributed by atoms with Crippen molar-refractivity contribution in [1.82, 2.24) is 19.6 Å². The van der Waals surface area contributed by atoms with Crippen molar-refractivity contribution in [2.24, 2.45) is 0 Å². The van der Waals surface area contributed by atoms with Crippen LogP contribution in [-0.4, -0.2) is 39.5 Å². The molecule has 0 aliphatic carbocycles. The monoisotopic (exact) mass is 352 g/mol. The molecule has 0 radical (unpaired) electrons. The number of likely N-dealkylation sites (tertiary alicyclic amines) is 1. The van der Waals surface area contributed by atoms with E-state index < -0.39 is 0 Å². The summed E-state index contributed by atoms with van der Waals surface area (Å²) in [6, 6.07) is 15.5. The molecule has 5 rings (SSSR count). The van der Waals surface area contributed by atoms with Crippen LogP contribution in [0.4, 0.5) is 0 Å². The maximum absolute atomic E-state index is 6.07. The summed E-state index contributed by atoms with van der Waals surface area (Å²) < 4.78 is 2.23. The second-order valence-corrected chi connectivity index (χ2v) is 7.61. The Kier molecular flexibility index (Phi) is 3.77. The summed E-state index contributed by atoms with van der Waals surface area (Å²) in [5.41, 5.74) is 4.45. The largest absolute Gasteiger partial charge is 0.309 e. The topological polar surface area (TPSA) is 32.6 Å². The lowest BCUT2D eigenvalue weighted by atomic mass is 10.1. The third-order valence-corrected chi connectivity index (χ3v) is 5.66. The van der Waals surface area contributed by atoms with Crippen molar-refractivity contribution in [3.63, 3.8) is 0 Å². The molecule has 5 heteroatoms. The van der Waals surface area contributed by atoms with Crippen LogP contribution >= 0.6 is 11.6 Å². The number of hydrogen-bond donors (Lipinski definition) is 1. The Bertz CT molecular complexity index is 890. The molecule has 25 heavy (non-hydrogen) atoms. The van der Waals surface area contributed by atoms with Crippen LogP contribution in [0.25, 0.3) is 16.9 Å². The first kappa shape index (κ1) is 15.4. The first-order valence-electron chi connectivity index (χ1n) is 8.96. The summed E-state index contributed by atoms with van der Waals surface area (Å²) in [5.74, 6) is 0. The Hall–Kier alpha value is -1.88. The number of imidazole rings is 1. The Labute approximate surface area is 152 Å². The zero-order chi connectivity index (χ0) is 16.8. The maximum atomic E-state index is 6.07. The molecule has 4 nitrogen and oxygen atoms in total. The van der Waals surface area contributed by atoms with Crippen LogP contribution in [0.3, 0.4) is 0 Å². The van der Waals surface area contributed by atoms with Gasteiger partial charge in [0, 0.05) is 48.5 Å². The summed E-state index contributed by atoms with van der Waals surface area (Å²) in [6.45, 7) is 3.17. The molecule has 2 aromatic heterocycles. The fraction of sp³-hybridized carbons (Fsp3) is 0.350. The molecule has 0 spiro atoms. The number of halogens is 1. The van der Waals surface area contributed by atoms with Gasteiger partial charge in [0.1, 0.15) is 5.65 Å². The zero-order valence-corrected chi connectivity index (χ0v) is 14.8. The molecule has 2 saturated heterocycles. The third kappa shape index (κ3) is 2.84. The third-order valence-electron chi connectivity index (χ3n) is 5.41. The number of nitrogens with one attached hydrogen (secondary N) is 1. The molecule has 2 aliphatic heterocycles. The average Bonchev–Trinajstić information content (AvgIpc) is 3.16. The Balaban J connectivity index is 1.55. The normalized spacial score (nSPS) is 23.4. The van der Waals surface area contributed by atoms with Crippen molar-refractivity contribution in [2.45, 2.75) is 31.5 Å². The lowest BCUT2D eigenvalue weighted by Crippen LogP contribution is -2.50. The van der Waals surface area contributed by atoms with Crippen molar-refractivity contribution < 1.29 is 0 Å². The predicted octanol–water partition coefficient (Wildman–Crippen LogP) is 3.59. The molecule has 1 N–H and O–H groups in total. The van der Waals surface area contributed by atoms with Crippen molar-refractivity contribution in [2.75, 3.05) is 13.1 Å². The highest BCUT2D eigenvalue weighted by Gasteiger charge is 2.32. The molecule has 0 amide bonds. The molecule has 4 heterocycles. The molecule has 2 bridgehead atoms. The summed E-state index contributed by atoms with van der Waals surface area (Å²) >= 11 is 6.07. The van der Waals surface area contributed by atoms with Crippen LogP contribution in [0, 0.1) is 0 Å². The number of fused-ring (bicyclic) bond motifs is 3. The minimum atomic E-state index is 0.650. The molecule has 128 valence electrons. The molecule has 0 saturated carbocycles. The molecule has 2 fully saturated rings. The van der Waals surface area contributed by atoms with Gasteiger partial charge >= 0.3 is 0 Å². The first-order valence-corrected chi connectivity index (χ1v) is 9.34. The standard InChI is InChI=1S/C20H21ClN4/c21-15-6-4-14(5-7-15)20-18(25-10-2-1-3-19(25)23-20)13-24-11-16-8-9-17(12-24)22-16/h1-7,10,16-17,22H,8-9,11-13H2. The van der Waals surface area contributed by atoms with Gasteiger partial charge in [-0.05, 0) is 37.1 Å². The summed E-state index contributed by atoms with van der Waals surface area (Å²) in [7, 11) is 0. The number of rotatable bonds is 3. The number of benzene rings is 1. The van der Waals surface area contributed by atoms with E-state index in [-0.39, 0.29) is 0 Å². The predicted molar refractivity (Wildman–Crippen MR) is 101 cm³/mol. The van der Waals surface area contributed by atoms with Gasteiger partial charge in [0.25, 0.3) is 0 Å². The minimum absolute atomic E-state index is 0.650. The quantitative estimate of drug-likeness (QED) is 0.781. The van der Waals surface area contributed by atoms with Gasteiger partial charge in [-0.15, -0.1) is 0 Å². The number of aromatic nitrogens is 2. The van der Waals surface area contributed by atoms with Crippen LogP contribution in [0.15, 0.2) is 48.7 Å². The van der Waals surface area contributed by atoms with Crippen molar-refractivity contribution in [3.05, 3.63) is 59.4 Å². The first-order chi connectivity index (χ1) is 12.3. The van der Waals surface area contributed by atoms with Crippen LogP contribution < -0.4 is 5.32 Å². The maximum Gasteiger partial charge on any atom is 0.137 e. The lowest BCUT2D eigenvalue weighted by Gasteiger charge is -2.32. The van der Waals surface area contributed by atoms with E-state index in [1.807, 2.05) is 18.2 Å². The molecule has 3 aromatic rings. The van der Waals surface area contributed by atoms with E-state index in [1.54, 1.807) is 0 Å². The fourth-order valence-electron chi connectivity index (χ4n) is 4.27. The highest BCUT2D eigenvalue weighted by atomic mass is 35.5. The smallest absolute Gasteiger partial charge is 0.137 e. The van der Waals surface area contributed by atoms with E-state index in [0.29, 0.717) is 12.1 Å².